The van der Waals surface area contributed by atoms with Crippen molar-refractivity contribution in [1.29, 1.82) is 0 Å². The standard InChI is InChI=1S/C8H16.2CH4/c1-7(2)8-5-3-4-6-8;;/h7-8H,3-6H2,1-2H3;2*1H4. The van der Waals surface area contributed by atoms with Crippen LogP contribution in [0, 0.1) is 11.8 Å². The zero-order valence-corrected chi connectivity index (χ0v) is 5.98. The highest BCUT2D eigenvalue weighted by molar-refractivity contribution is 4.69. The first-order valence-electron chi connectivity index (χ1n) is 3.80. The molecule has 1 rings (SSSR count). The van der Waals surface area contributed by atoms with E-state index in [0.717, 1.165) is 11.8 Å². The number of hydrogen-bond acceptors (Lipinski definition) is 0. The number of rotatable bonds is 1. The summed E-state index contributed by atoms with van der Waals surface area (Å²) in [6.07, 6.45) is 5.97. The molecule has 1 aliphatic rings. The van der Waals surface area contributed by atoms with Crippen LogP contribution >= 0.6 is 0 Å². The van der Waals surface area contributed by atoms with Gasteiger partial charge in [-0.05, 0) is 11.8 Å². The SMILES string of the molecule is C.C.CC(C)C1CCCC1. The molecule has 0 N–H and O–H groups in total. The first kappa shape index (κ1) is 12.7. The molecule has 0 aromatic heterocycles. The van der Waals surface area contributed by atoms with Crippen LogP contribution in [0.2, 0.25) is 0 Å². The van der Waals surface area contributed by atoms with Crippen LogP contribution in [0.5, 0.6) is 0 Å². The molecule has 0 bridgehead atoms. The molecule has 0 saturated heterocycles. The van der Waals surface area contributed by atoms with Gasteiger partial charge in [-0.15, -0.1) is 0 Å². The van der Waals surface area contributed by atoms with Crippen molar-refractivity contribution in [1.82, 2.24) is 0 Å². The zero-order valence-electron chi connectivity index (χ0n) is 5.98. The summed E-state index contributed by atoms with van der Waals surface area (Å²) in [6, 6.07) is 0. The minimum Gasteiger partial charge on any atom is -0.0776 e. The Kier molecular flexibility index (Phi) is 7.29. The molecule has 0 heteroatoms. The van der Waals surface area contributed by atoms with Crippen molar-refractivity contribution in [3.05, 3.63) is 0 Å². The summed E-state index contributed by atoms with van der Waals surface area (Å²) >= 11 is 0. The Balaban J connectivity index is 0. The summed E-state index contributed by atoms with van der Waals surface area (Å²) in [6.45, 7) is 4.69. The Morgan fingerprint density at radius 1 is 1.00 bits per heavy atom. The molecule has 0 spiro atoms. The van der Waals surface area contributed by atoms with E-state index in [1.165, 1.54) is 25.7 Å². The van der Waals surface area contributed by atoms with Crippen LogP contribution in [0.25, 0.3) is 0 Å². The zero-order chi connectivity index (χ0) is 5.98. The summed E-state index contributed by atoms with van der Waals surface area (Å²) in [7, 11) is 0. The monoisotopic (exact) mass is 144 g/mol. The van der Waals surface area contributed by atoms with Gasteiger partial charge < -0.3 is 0 Å². The van der Waals surface area contributed by atoms with Gasteiger partial charge in [-0.3, -0.25) is 0 Å². The van der Waals surface area contributed by atoms with Crippen molar-refractivity contribution < 1.29 is 0 Å². The van der Waals surface area contributed by atoms with Crippen LogP contribution in [0.15, 0.2) is 0 Å². The van der Waals surface area contributed by atoms with E-state index in [1.807, 2.05) is 0 Å². The van der Waals surface area contributed by atoms with E-state index in [2.05, 4.69) is 13.8 Å². The van der Waals surface area contributed by atoms with Gasteiger partial charge in [-0.1, -0.05) is 54.4 Å². The fourth-order valence-electron chi connectivity index (χ4n) is 1.62. The van der Waals surface area contributed by atoms with Crippen LogP contribution in [0.3, 0.4) is 0 Å². The van der Waals surface area contributed by atoms with Gasteiger partial charge in [0.25, 0.3) is 0 Å². The summed E-state index contributed by atoms with van der Waals surface area (Å²) in [5, 5.41) is 0. The lowest BCUT2D eigenvalue weighted by molar-refractivity contribution is 0.396. The molecular formula is C10H24. The van der Waals surface area contributed by atoms with E-state index in [-0.39, 0.29) is 14.9 Å². The maximum Gasteiger partial charge on any atom is -0.0391 e. The van der Waals surface area contributed by atoms with Gasteiger partial charge >= 0.3 is 0 Å². The van der Waals surface area contributed by atoms with Crippen molar-refractivity contribution >= 4 is 0 Å². The van der Waals surface area contributed by atoms with Crippen LogP contribution in [0.4, 0.5) is 0 Å². The van der Waals surface area contributed by atoms with E-state index >= 15 is 0 Å². The topological polar surface area (TPSA) is 0 Å². The molecule has 0 heterocycles. The third-order valence-corrected chi connectivity index (χ3v) is 2.34. The molecule has 1 aliphatic carbocycles. The van der Waals surface area contributed by atoms with Crippen molar-refractivity contribution in [3.8, 4) is 0 Å². The van der Waals surface area contributed by atoms with Gasteiger partial charge in [0.05, 0.1) is 0 Å². The lowest BCUT2D eigenvalue weighted by Crippen LogP contribution is -2.01. The third kappa shape index (κ3) is 3.24. The molecule has 0 nitrogen and oxygen atoms in total. The minimum absolute atomic E-state index is 0. The smallest absolute Gasteiger partial charge is 0.0391 e. The second kappa shape index (κ2) is 5.76. The highest BCUT2D eigenvalue weighted by Gasteiger charge is 2.17. The molecule has 1 saturated carbocycles. The average molecular weight is 144 g/mol. The fraction of sp³-hybridized carbons (Fsp3) is 1.00. The summed E-state index contributed by atoms with van der Waals surface area (Å²) < 4.78 is 0. The van der Waals surface area contributed by atoms with Crippen LogP contribution in [-0.4, -0.2) is 0 Å². The van der Waals surface area contributed by atoms with Crippen LogP contribution in [0.1, 0.15) is 54.4 Å². The van der Waals surface area contributed by atoms with Gasteiger partial charge in [0.2, 0.25) is 0 Å². The van der Waals surface area contributed by atoms with Crippen LogP contribution in [-0.2, 0) is 0 Å². The third-order valence-electron chi connectivity index (χ3n) is 2.34. The average Bonchev–Trinajstić information content (AvgIpc) is 2.12. The Labute approximate surface area is 67.0 Å². The quantitative estimate of drug-likeness (QED) is 0.519. The van der Waals surface area contributed by atoms with E-state index in [0.29, 0.717) is 0 Å². The Hall–Kier alpha value is 0. The minimum atomic E-state index is 0. The number of hydrogen-bond donors (Lipinski definition) is 0. The molecule has 1 fully saturated rings. The van der Waals surface area contributed by atoms with Gasteiger partial charge in [0.15, 0.2) is 0 Å². The molecule has 0 aromatic rings. The normalized spacial score (nSPS) is 18.3. The summed E-state index contributed by atoms with van der Waals surface area (Å²) in [5.74, 6) is 2.01. The van der Waals surface area contributed by atoms with Gasteiger partial charge in [0, 0.05) is 0 Å². The first-order valence-corrected chi connectivity index (χ1v) is 3.80. The van der Waals surface area contributed by atoms with E-state index in [1.54, 1.807) is 0 Å². The Bertz CT molecular complexity index is 58.4. The van der Waals surface area contributed by atoms with E-state index < -0.39 is 0 Å². The molecule has 0 aliphatic heterocycles. The predicted molar refractivity (Wildman–Crippen MR) is 50.3 cm³/mol. The Morgan fingerprint density at radius 2 is 1.40 bits per heavy atom. The van der Waals surface area contributed by atoms with E-state index in [4.69, 9.17) is 0 Å². The molecular weight excluding hydrogens is 120 g/mol. The highest BCUT2D eigenvalue weighted by atomic mass is 14.2. The molecule has 0 unspecified atom stereocenters. The van der Waals surface area contributed by atoms with Crippen LogP contribution < -0.4 is 0 Å². The molecule has 0 amide bonds. The van der Waals surface area contributed by atoms with Gasteiger partial charge in [0.1, 0.15) is 0 Å². The van der Waals surface area contributed by atoms with Crippen molar-refractivity contribution in [3.63, 3.8) is 0 Å². The predicted octanol–water partition coefficient (Wildman–Crippen LogP) is 4.10. The Morgan fingerprint density at radius 3 is 1.60 bits per heavy atom. The molecule has 64 valence electrons. The van der Waals surface area contributed by atoms with E-state index in [9.17, 15) is 0 Å². The van der Waals surface area contributed by atoms with Crippen molar-refractivity contribution in [2.45, 2.75) is 54.4 Å². The van der Waals surface area contributed by atoms with Gasteiger partial charge in [-0.2, -0.15) is 0 Å². The maximum atomic E-state index is 2.34. The molecule has 10 heavy (non-hydrogen) atoms. The molecule has 0 atom stereocenters. The van der Waals surface area contributed by atoms with Crippen molar-refractivity contribution in [2.75, 3.05) is 0 Å². The molecule has 0 aromatic carbocycles. The van der Waals surface area contributed by atoms with Gasteiger partial charge in [-0.25, -0.2) is 0 Å². The lowest BCUT2D eigenvalue weighted by atomic mass is 9.95. The maximum absolute atomic E-state index is 2.34. The second-order valence-corrected chi connectivity index (χ2v) is 3.29. The first-order chi connectivity index (χ1) is 3.80. The summed E-state index contributed by atoms with van der Waals surface area (Å²) in [5.41, 5.74) is 0. The fourth-order valence-corrected chi connectivity index (χ4v) is 1.62. The largest absolute Gasteiger partial charge is 0.0776 e. The summed E-state index contributed by atoms with van der Waals surface area (Å²) in [4.78, 5) is 0. The lowest BCUT2D eigenvalue weighted by Gasteiger charge is -2.11. The second-order valence-electron chi connectivity index (χ2n) is 3.29. The molecule has 0 radical (unpaired) electrons. The van der Waals surface area contributed by atoms with Crippen molar-refractivity contribution in [2.24, 2.45) is 11.8 Å². The highest BCUT2D eigenvalue weighted by Crippen LogP contribution is 2.30.